The zero-order valence-electron chi connectivity index (χ0n) is 16.1. The van der Waals surface area contributed by atoms with Gasteiger partial charge in [0.25, 0.3) is 0 Å². The fourth-order valence-corrected chi connectivity index (χ4v) is 3.42. The maximum Gasteiger partial charge on any atom is 0.173 e. The van der Waals surface area contributed by atoms with Crippen LogP contribution in [0.15, 0.2) is 72.8 Å². The van der Waals surface area contributed by atoms with Gasteiger partial charge in [-0.25, -0.2) is 0 Å². The third-order valence-corrected chi connectivity index (χ3v) is 5.42. The Balaban J connectivity index is 1.54. The van der Waals surface area contributed by atoms with Gasteiger partial charge in [-0.1, -0.05) is 50.1 Å². The number of benzene rings is 3. The highest BCUT2D eigenvalue weighted by Crippen LogP contribution is 2.18. The van der Waals surface area contributed by atoms with Crippen molar-refractivity contribution in [2.75, 3.05) is 10.7 Å². The molecule has 0 fully saturated rings. The molecular weight excluding hydrogens is 512 g/mol. The van der Waals surface area contributed by atoms with Gasteiger partial charge in [0.15, 0.2) is 11.6 Å². The van der Waals surface area contributed by atoms with Gasteiger partial charge in [0.1, 0.15) is 24.7 Å². The molecular formula is C24H20Br2O4. The lowest BCUT2D eigenvalue weighted by Gasteiger charge is -2.10. The van der Waals surface area contributed by atoms with Gasteiger partial charge in [-0.15, -0.1) is 0 Å². The van der Waals surface area contributed by atoms with Gasteiger partial charge in [0.2, 0.25) is 0 Å². The molecule has 3 aromatic rings. The summed E-state index contributed by atoms with van der Waals surface area (Å²) >= 11 is 6.34. The van der Waals surface area contributed by atoms with Crippen LogP contribution in [-0.2, 0) is 13.2 Å². The highest BCUT2D eigenvalue weighted by molar-refractivity contribution is 9.09. The van der Waals surface area contributed by atoms with Crippen LogP contribution in [0.5, 0.6) is 11.5 Å². The molecule has 0 atom stereocenters. The second-order valence-electron chi connectivity index (χ2n) is 6.56. The smallest absolute Gasteiger partial charge is 0.173 e. The van der Waals surface area contributed by atoms with E-state index in [4.69, 9.17) is 9.47 Å². The number of Topliss-reactive ketones (excluding diaryl/α,β-unsaturated/α-hetero) is 2. The number of carbonyl (C=O) groups excluding carboxylic acids is 2. The van der Waals surface area contributed by atoms with Gasteiger partial charge in [-0.3, -0.25) is 9.59 Å². The van der Waals surface area contributed by atoms with Gasteiger partial charge in [-0.2, -0.15) is 0 Å². The minimum Gasteiger partial charge on any atom is -0.489 e. The first-order chi connectivity index (χ1) is 14.6. The molecule has 0 amide bonds. The van der Waals surface area contributed by atoms with E-state index >= 15 is 0 Å². The van der Waals surface area contributed by atoms with E-state index in [9.17, 15) is 9.59 Å². The number of halogens is 2. The summed E-state index contributed by atoms with van der Waals surface area (Å²) in [5.41, 5.74) is 3.36. The number of hydrogen-bond donors (Lipinski definition) is 0. The molecule has 3 rings (SSSR count). The van der Waals surface area contributed by atoms with Gasteiger partial charge >= 0.3 is 0 Å². The van der Waals surface area contributed by atoms with Crippen LogP contribution < -0.4 is 9.47 Å². The molecule has 0 unspecified atom stereocenters. The SMILES string of the molecule is O=C(CBr)c1ccc(OCc2cccc(COc3ccc(C(=O)CBr)cc3)c2)cc1. The first-order valence-electron chi connectivity index (χ1n) is 9.31. The summed E-state index contributed by atoms with van der Waals surface area (Å²) in [7, 11) is 0. The van der Waals surface area contributed by atoms with Gasteiger partial charge in [-0.05, 0) is 65.7 Å². The van der Waals surface area contributed by atoms with E-state index in [2.05, 4.69) is 31.9 Å². The lowest BCUT2D eigenvalue weighted by molar-refractivity contribution is 0.101. The van der Waals surface area contributed by atoms with Crippen molar-refractivity contribution in [2.24, 2.45) is 0 Å². The maximum atomic E-state index is 11.6. The first-order valence-corrected chi connectivity index (χ1v) is 11.5. The normalized spacial score (nSPS) is 10.5. The molecule has 30 heavy (non-hydrogen) atoms. The number of ether oxygens (including phenoxy) is 2. The molecule has 0 bridgehead atoms. The van der Waals surface area contributed by atoms with E-state index in [0.29, 0.717) is 46.5 Å². The Labute approximate surface area is 192 Å². The summed E-state index contributed by atoms with van der Waals surface area (Å²) in [4.78, 5) is 23.3. The zero-order valence-corrected chi connectivity index (χ0v) is 19.3. The van der Waals surface area contributed by atoms with Crippen molar-refractivity contribution >= 4 is 43.4 Å². The van der Waals surface area contributed by atoms with Crippen molar-refractivity contribution in [3.8, 4) is 11.5 Å². The fourth-order valence-electron chi connectivity index (χ4n) is 2.77. The molecule has 4 nitrogen and oxygen atoms in total. The lowest BCUT2D eigenvalue weighted by atomic mass is 10.1. The minimum atomic E-state index is 0.0404. The van der Waals surface area contributed by atoms with Crippen LogP contribution >= 0.6 is 31.9 Å². The molecule has 0 spiro atoms. The van der Waals surface area contributed by atoms with Crippen molar-refractivity contribution in [1.29, 1.82) is 0 Å². The summed E-state index contributed by atoms with van der Waals surface area (Å²) in [6, 6.07) is 22.2. The summed E-state index contributed by atoms with van der Waals surface area (Å²) in [5.74, 6) is 1.50. The van der Waals surface area contributed by atoms with Crippen molar-refractivity contribution in [2.45, 2.75) is 13.2 Å². The van der Waals surface area contributed by atoms with Crippen LogP contribution in [-0.4, -0.2) is 22.2 Å². The largest absolute Gasteiger partial charge is 0.489 e. The molecule has 0 N–H and O–H groups in total. The Bertz CT molecular complexity index is 920. The predicted molar refractivity (Wildman–Crippen MR) is 124 cm³/mol. The van der Waals surface area contributed by atoms with Crippen molar-refractivity contribution < 1.29 is 19.1 Å². The molecule has 0 radical (unpaired) electrons. The molecule has 0 saturated heterocycles. The predicted octanol–water partition coefficient (Wildman–Crippen LogP) is 6.00. The molecule has 0 aromatic heterocycles. The van der Waals surface area contributed by atoms with Crippen LogP contribution in [0.1, 0.15) is 31.8 Å². The molecule has 0 aliphatic carbocycles. The summed E-state index contributed by atoms with van der Waals surface area (Å²) in [6.07, 6.45) is 0. The quantitative estimate of drug-likeness (QED) is 0.238. The molecule has 6 heteroatoms. The zero-order chi connectivity index (χ0) is 21.3. The molecule has 0 saturated carbocycles. The highest BCUT2D eigenvalue weighted by atomic mass is 79.9. The average Bonchev–Trinajstić information content (AvgIpc) is 2.81. The van der Waals surface area contributed by atoms with Crippen LogP contribution in [0.25, 0.3) is 0 Å². The molecule has 3 aromatic carbocycles. The number of ketones is 2. The van der Waals surface area contributed by atoms with Gasteiger partial charge < -0.3 is 9.47 Å². The van der Waals surface area contributed by atoms with E-state index in [1.807, 2.05) is 24.3 Å². The standard InChI is InChI=1S/C24H20Br2O4/c25-13-23(27)19-4-8-21(9-5-19)29-15-17-2-1-3-18(12-17)16-30-22-10-6-20(7-11-22)24(28)14-26/h1-12H,13-16H2. The maximum absolute atomic E-state index is 11.6. The second-order valence-corrected chi connectivity index (χ2v) is 7.68. The molecule has 0 aliphatic heterocycles. The van der Waals surface area contributed by atoms with Crippen LogP contribution in [0, 0.1) is 0 Å². The monoisotopic (exact) mass is 530 g/mol. The lowest BCUT2D eigenvalue weighted by Crippen LogP contribution is -2.02. The van der Waals surface area contributed by atoms with Crippen molar-refractivity contribution in [3.05, 3.63) is 95.1 Å². The minimum absolute atomic E-state index is 0.0404. The van der Waals surface area contributed by atoms with Crippen LogP contribution in [0.3, 0.4) is 0 Å². The number of carbonyl (C=O) groups is 2. The molecule has 0 heterocycles. The highest BCUT2D eigenvalue weighted by Gasteiger charge is 2.06. The third-order valence-electron chi connectivity index (χ3n) is 4.40. The van der Waals surface area contributed by atoms with E-state index < -0.39 is 0 Å². The molecule has 0 aliphatic rings. The van der Waals surface area contributed by atoms with Gasteiger partial charge in [0, 0.05) is 11.1 Å². The fraction of sp³-hybridized carbons (Fsp3) is 0.167. The summed E-state index contributed by atoms with van der Waals surface area (Å²) in [5, 5.41) is 0.613. The summed E-state index contributed by atoms with van der Waals surface area (Å²) in [6.45, 7) is 0.839. The second kappa shape index (κ2) is 11.1. The first kappa shape index (κ1) is 22.2. The van der Waals surface area contributed by atoms with E-state index in [-0.39, 0.29) is 11.6 Å². The topological polar surface area (TPSA) is 52.6 Å². The average molecular weight is 532 g/mol. The summed E-state index contributed by atoms with van der Waals surface area (Å²) < 4.78 is 11.6. The number of rotatable bonds is 10. The van der Waals surface area contributed by atoms with E-state index in [1.54, 1.807) is 48.5 Å². The number of alkyl halides is 2. The van der Waals surface area contributed by atoms with Gasteiger partial charge in [0.05, 0.1) is 10.7 Å². The van der Waals surface area contributed by atoms with Crippen LogP contribution in [0.4, 0.5) is 0 Å². The van der Waals surface area contributed by atoms with Crippen molar-refractivity contribution in [1.82, 2.24) is 0 Å². The Morgan fingerprint density at radius 2 is 1.03 bits per heavy atom. The third kappa shape index (κ3) is 6.28. The van der Waals surface area contributed by atoms with E-state index in [0.717, 1.165) is 11.1 Å². The number of hydrogen-bond acceptors (Lipinski definition) is 4. The Morgan fingerprint density at radius 3 is 1.40 bits per heavy atom. The van der Waals surface area contributed by atoms with Crippen molar-refractivity contribution in [3.63, 3.8) is 0 Å². The van der Waals surface area contributed by atoms with Crippen LogP contribution in [0.2, 0.25) is 0 Å². The Hall–Kier alpha value is -2.44. The molecule has 154 valence electrons. The Morgan fingerprint density at radius 1 is 0.633 bits per heavy atom. The van der Waals surface area contributed by atoms with E-state index in [1.165, 1.54) is 0 Å². The Kier molecular flexibility index (Phi) is 8.22.